The first-order valence-corrected chi connectivity index (χ1v) is 11.7. The summed E-state index contributed by atoms with van der Waals surface area (Å²) in [4.78, 5) is 17.7. The number of carbonyl (C=O) groups excluding carboxylic acids is 1. The highest BCUT2D eigenvalue weighted by atomic mass is 32.2. The maximum atomic E-state index is 13.1. The van der Waals surface area contributed by atoms with E-state index in [4.69, 9.17) is 0 Å². The quantitative estimate of drug-likeness (QED) is 0.657. The van der Waals surface area contributed by atoms with Crippen molar-refractivity contribution in [2.45, 2.75) is 43.7 Å². The molecular formula is C22H26N4O3S. The van der Waals surface area contributed by atoms with Crippen LogP contribution in [-0.4, -0.2) is 47.3 Å². The molecule has 2 heterocycles. The summed E-state index contributed by atoms with van der Waals surface area (Å²) in [5, 5.41) is 2.94. The molecule has 1 aliphatic rings. The first-order chi connectivity index (χ1) is 14.5. The van der Waals surface area contributed by atoms with E-state index >= 15 is 0 Å². The molecule has 30 heavy (non-hydrogen) atoms. The molecular weight excluding hydrogens is 400 g/mol. The summed E-state index contributed by atoms with van der Waals surface area (Å²) in [7, 11) is -3.70. The number of hydrogen-bond donors (Lipinski definition) is 1. The molecule has 0 aliphatic carbocycles. The number of amides is 1. The summed E-state index contributed by atoms with van der Waals surface area (Å²) >= 11 is 0. The number of carbonyl (C=O) groups is 1. The number of benzene rings is 2. The van der Waals surface area contributed by atoms with Crippen molar-refractivity contribution < 1.29 is 13.2 Å². The van der Waals surface area contributed by atoms with Crippen LogP contribution in [0.3, 0.4) is 0 Å². The topological polar surface area (TPSA) is 84.3 Å². The summed E-state index contributed by atoms with van der Waals surface area (Å²) < 4.78 is 29.6. The molecule has 0 bridgehead atoms. The van der Waals surface area contributed by atoms with Crippen LogP contribution < -0.4 is 5.32 Å². The first-order valence-electron chi connectivity index (χ1n) is 10.2. The second-order valence-corrected chi connectivity index (χ2v) is 9.42. The Hall–Kier alpha value is -2.71. The Morgan fingerprint density at radius 1 is 1.10 bits per heavy atom. The molecule has 0 radical (unpaired) electrons. The molecule has 1 amide bonds. The van der Waals surface area contributed by atoms with Gasteiger partial charge >= 0.3 is 0 Å². The molecule has 1 fully saturated rings. The van der Waals surface area contributed by atoms with Crippen LogP contribution in [0.5, 0.6) is 0 Å². The van der Waals surface area contributed by atoms with Crippen molar-refractivity contribution in [1.29, 1.82) is 0 Å². The van der Waals surface area contributed by atoms with Gasteiger partial charge < -0.3 is 9.88 Å². The fourth-order valence-electron chi connectivity index (χ4n) is 4.07. The summed E-state index contributed by atoms with van der Waals surface area (Å²) in [6, 6.07) is 15.5. The van der Waals surface area contributed by atoms with Gasteiger partial charge in [-0.3, -0.25) is 4.79 Å². The fraction of sp³-hybridized carbons (Fsp3) is 0.364. The predicted molar refractivity (Wildman–Crippen MR) is 115 cm³/mol. The van der Waals surface area contributed by atoms with E-state index < -0.39 is 16.1 Å². The predicted octanol–water partition coefficient (Wildman–Crippen LogP) is 2.70. The third-order valence-corrected chi connectivity index (χ3v) is 7.51. The minimum atomic E-state index is -3.70. The van der Waals surface area contributed by atoms with Crippen molar-refractivity contribution >= 4 is 27.0 Å². The summed E-state index contributed by atoms with van der Waals surface area (Å²) in [6.45, 7) is 3.30. The van der Waals surface area contributed by atoms with Gasteiger partial charge in [-0.05, 0) is 44.0 Å². The Labute approximate surface area is 176 Å². The van der Waals surface area contributed by atoms with E-state index in [2.05, 4.69) is 14.9 Å². The molecule has 1 atom stereocenters. The van der Waals surface area contributed by atoms with Crippen LogP contribution in [-0.2, 0) is 21.4 Å². The van der Waals surface area contributed by atoms with Gasteiger partial charge in [0.05, 0.1) is 15.9 Å². The van der Waals surface area contributed by atoms with Crippen LogP contribution in [0.1, 0.15) is 25.1 Å². The van der Waals surface area contributed by atoms with Crippen LogP contribution >= 0.6 is 0 Å². The SMILES string of the molecule is Cc1nc2ccccc2n1CCNC(=O)C1CCCCN1S(=O)(=O)c1ccccc1. The number of aryl methyl sites for hydroxylation is 1. The van der Waals surface area contributed by atoms with E-state index in [1.807, 2.05) is 31.2 Å². The number of fused-ring (bicyclic) bond motifs is 1. The van der Waals surface area contributed by atoms with Gasteiger partial charge in [-0.15, -0.1) is 0 Å². The molecule has 3 aromatic rings. The van der Waals surface area contributed by atoms with Crippen molar-refractivity contribution in [2.24, 2.45) is 0 Å². The highest BCUT2D eigenvalue weighted by Crippen LogP contribution is 2.25. The van der Waals surface area contributed by atoms with E-state index in [1.165, 1.54) is 4.31 Å². The van der Waals surface area contributed by atoms with E-state index in [9.17, 15) is 13.2 Å². The monoisotopic (exact) mass is 426 g/mol. The molecule has 1 N–H and O–H groups in total. The van der Waals surface area contributed by atoms with Crippen molar-refractivity contribution in [3.63, 3.8) is 0 Å². The number of rotatable bonds is 6. The van der Waals surface area contributed by atoms with Crippen LogP contribution in [0.4, 0.5) is 0 Å². The normalized spacial score (nSPS) is 17.8. The van der Waals surface area contributed by atoms with Gasteiger partial charge in [-0.25, -0.2) is 13.4 Å². The highest BCUT2D eigenvalue weighted by molar-refractivity contribution is 7.89. The second-order valence-electron chi connectivity index (χ2n) is 7.53. The molecule has 8 heteroatoms. The maximum Gasteiger partial charge on any atom is 0.243 e. The lowest BCUT2D eigenvalue weighted by molar-refractivity contribution is -0.125. The number of aromatic nitrogens is 2. The summed E-state index contributed by atoms with van der Waals surface area (Å²) in [5.41, 5.74) is 1.95. The van der Waals surface area contributed by atoms with Crippen LogP contribution in [0.15, 0.2) is 59.5 Å². The molecule has 0 spiro atoms. The zero-order valence-corrected chi connectivity index (χ0v) is 17.8. The molecule has 7 nitrogen and oxygen atoms in total. The first kappa shape index (κ1) is 20.6. The zero-order valence-electron chi connectivity index (χ0n) is 17.0. The summed E-state index contributed by atoms with van der Waals surface area (Å²) in [5.74, 6) is 0.646. The Morgan fingerprint density at radius 3 is 2.63 bits per heavy atom. The third-order valence-electron chi connectivity index (χ3n) is 5.59. The second kappa shape index (κ2) is 8.57. The molecule has 1 saturated heterocycles. The average molecular weight is 427 g/mol. The fourth-order valence-corrected chi connectivity index (χ4v) is 5.75. The van der Waals surface area contributed by atoms with Gasteiger partial charge in [0.2, 0.25) is 15.9 Å². The molecule has 1 aromatic heterocycles. The third kappa shape index (κ3) is 3.97. The highest BCUT2D eigenvalue weighted by Gasteiger charge is 2.37. The lowest BCUT2D eigenvalue weighted by Gasteiger charge is -2.33. The Bertz CT molecular complexity index is 1140. The molecule has 0 saturated carbocycles. The van der Waals surface area contributed by atoms with Gasteiger partial charge in [0.15, 0.2) is 0 Å². The van der Waals surface area contributed by atoms with Gasteiger partial charge in [0, 0.05) is 19.6 Å². The summed E-state index contributed by atoms with van der Waals surface area (Å²) in [6.07, 6.45) is 2.13. The van der Waals surface area contributed by atoms with Crippen molar-refractivity contribution in [1.82, 2.24) is 19.2 Å². The van der Waals surface area contributed by atoms with E-state index in [1.54, 1.807) is 30.3 Å². The van der Waals surface area contributed by atoms with Gasteiger partial charge in [-0.2, -0.15) is 4.31 Å². The van der Waals surface area contributed by atoms with E-state index in [-0.39, 0.29) is 10.8 Å². The number of piperidine rings is 1. The Kier molecular flexibility index (Phi) is 5.87. The van der Waals surface area contributed by atoms with E-state index in [0.29, 0.717) is 26.1 Å². The number of nitrogens with one attached hydrogen (secondary N) is 1. The largest absolute Gasteiger partial charge is 0.353 e. The Balaban J connectivity index is 1.46. The van der Waals surface area contributed by atoms with E-state index in [0.717, 1.165) is 29.7 Å². The van der Waals surface area contributed by atoms with Gasteiger partial charge in [-0.1, -0.05) is 36.8 Å². The average Bonchev–Trinajstić information content (AvgIpc) is 3.09. The van der Waals surface area contributed by atoms with Crippen LogP contribution in [0.2, 0.25) is 0 Å². The van der Waals surface area contributed by atoms with Crippen molar-refractivity contribution in [2.75, 3.05) is 13.1 Å². The number of imidazole rings is 1. The maximum absolute atomic E-state index is 13.1. The van der Waals surface area contributed by atoms with Crippen molar-refractivity contribution in [3.05, 3.63) is 60.4 Å². The van der Waals surface area contributed by atoms with Crippen molar-refractivity contribution in [3.8, 4) is 0 Å². The molecule has 1 unspecified atom stereocenters. The Morgan fingerprint density at radius 2 is 1.83 bits per heavy atom. The molecule has 2 aromatic carbocycles. The molecule has 1 aliphatic heterocycles. The van der Waals surface area contributed by atoms with Crippen LogP contribution in [0, 0.1) is 6.92 Å². The number of nitrogens with zero attached hydrogens (tertiary/aromatic N) is 3. The van der Waals surface area contributed by atoms with Gasteiger partial charge in [0.1, 0.15) is 11.9 Å². The molecule has 158 valence electrons. The zero-order chi connectivity index (χ0) is 21.1. The minimum Gasteiger partial charge on any atom is -0.353 e. The molecule has 4 rings (SSSR count). The van der Waals surface area contributed by atoms with Crippen LogP contribution in [0.25, 0.3) is 11.0 Å². The lowest BCUT2D eigenvalue weighted by atomic mass is 10.0. The minimum absolute atomic E-state index is 0.227. The number of sulfonamides is 1. The number of para-hydroxylation sites is 2. The standard InChI is InChI=1S/C22H26N4O3S/c1-17-24-19-11-5-6-12-20(19)25(17)16-14-23-22(27)21-13-7-8-15-26(21)30(28,29)18-9-3-2-4-10-18/h2-6,9-12,21H,7-8,13-16H2,1H3,(H,23,27). The number of hydrogen-bond acceptors (Lipinski definition) is 4. The lowest BCUT2D eigenvalue weighted by Crippen LogP contribution is -2.52. The smallest absolute Gasteiger partial charge is 0.243 e. The van der Waals surface area contributed by atoms with Gasteiger partial charge in [0.25, 0.3) is 0 Å².